The van der Waals surface area contributed by atoms with Crippen LogP contribution >= 0.6 is 11.6 Å². The SMILES string of the molecule is Cc1ncc2c(n1)c1c(n2CC(O)c2ccc(Cl)cc2)CCN2CCCCC12.Cc1ncc2c(n1)c1c(n2CC(O)c2ccc(F)cc2)CCN2CCCCC12.Cc1ncc2c(n1)c1c(n2CC(O)c2ccccc2)CCN2CCCCC12. The zero-order valence-corrected chi connectivity index (χ0v) is 48.8. The van der Waals surface area contributed by atoms with Crippen LogP contribution in [0.4, 0.5) is 4.39 Å². The fourth-order valence-corrected chi connectivity index (χ4v) is 14.9. The topological polar surface area (TPSA) is 163 Å². The molecular formula is C66H76ClFN12O3. The Labute approximate surface area is 489 Å². The number of hydrogen-bond acceptors (Lipinski definition) is 12. The van der Waals surface area contributed by atoms with Gasteiger partial charge in [-0.1, -0.05) is 85.5 Å². The molecule has 15 nitrogen and oxygen atoms in total. The first-order chi connectivity index (χ1) is 40.4. The van der Waals surface area contributed by atoms with Crippen molar-refractivity contribution in [2.24, 2.45) is 0 Å². The van der Waals surface area contributed by atoms with E-state index in [9.17, 15) is 19.7 Å². The third-order valence-electron chi connectivity index (χ3n) is 18.7. The second-order valence-electron chi connectivity index (χ2n) is 23.8. The molecule has 17 heteroatoms. The van der Waals surface area contributed by atoms with Gasteiger partial charge in [0.15, 0.2) is 0 Å². The van der Waals surface area contributed by atoms with Gasteiger partial charge in [-0.2, -0.15) is 0 Å². The average Bonchev–Trinajstić information content (AvgIpc) is 2.29. The van der Waals surface area contributed by atoms with Gasteiger partial charge in [-0.3, -0.25) is 14.7 Å². The average molecular weight is 1140 g/mol. The van der Waals surface area contributed by atoms with E-state index >= 15 is 0 Å². The number of aliphatic hydroxyl groups is 3. The summed E-state index contributed by atoms with van der Waals surface area (Å²) in [6, 6.07) is 24.8. The van der Waals surface area contributed by atoms with E-state index in [1.165, 1.54) is 110 Å². The molecule has 0 bridgehead atoms. The minimum Gasteiger partial charge on any atom is -0.387 e. The standard InChI is InChI=1S/C22H25ClN4O.C22H25FN4O.C22H26N4O/c2*1-14-24-12-19-22(25-14)21-17-4-2-3-10-26(17)11-9-18(21)27(19)13-20(28)15-5-7-16(23)8-6-15;1-15-23-13-19-22(24-15)21-17-9-5-6-11-25(17)12-10-18(21)26(19)14-20(27)16-7-3-2-4-8-16/h2*5-8,12,17,20,28H,2-4,9-11,13H2,1H3;2-4,7-8,13,17,20,27H,5-6,9-12,14H2,1H3. The molecule has 0 radical (unpaired) electrons. The molecule has 9 aromatic rings. The molecule has 3 N–H and O–H groups in total. The Bertz CT molecular complexity index is 3610. The van der Waals surface area contributed by atoms with Crippen LogP contribution in [0.1, 0.15) is 162 Å². The summed E-state index contributed by atoms with van der Waals surface area (Å²) >= 11 is 6.00. The molecule has 0 spiro atoms. The van der Waals surface area contributed by atoms with E-state index in [4.69, 9.17) is 26.6 Å². The second-order valence-corrected chi connectivity index (χ2v) is 24.3. The highest BCUT2D eigenvalue weighted by molar-refractivity contribution is 6.30. The van der Waals surface area contributed by atoms with E-state index in [0.717, 1.165) is 119 Å². The number of halogens is 2. The third kappa shape index (κ3) is 11.0. The maximum atomic E-state index is 13.2. The highest BCUT2D eigenvalue weighted by Gasteiger charge is 2.38. The molecule has 6 aromatic heterocycles. The first-order valence-corrected chi connectivity index (χ1v) is 30.7. The van der Waals surface area contributed by atoms with Crippen molar-refractivity contribution in [3.63, 3.8) is 0 Å². The lowest BCUT2D eigenvalue weighted by molar-refractivity contribution is 0.133. The fraction of sp³-hybridized carbons (Fsp3) is 0.455. The second kappa shape index (κ2) is 23.9. The molecular weight excluding hydrogens is 1060 g/mol. The zero-order chi connectivity index (χ0) is 56.9. The van der Waals surface area contributed by atoms with E-state index in [0.29, 0.717) is 42.8 Å². The van der Waals surface area contributed by atoms with Gasteiger partial charge in [0.1, 0.15) is 23.3 Å². The van der Waals surface area contributed by atoms with E-state index < -0.39 is 18.3 Å². The molecule has 432 valence electrons. The number of aliphatic hydroxyl groups excluding tert-OH is 3. The van der Waals surface area contributed by atoms with E-state index in [1.807, 2.05) is 94.0 Å². The number of aromatic nitrogens is 9. The predicted octanol–water partition coefficient (Wildman–Crippen LogP) is 11.5. The number of hydrogen-bond donors (Lipinski definition) is 3. The summed E-state index contributed by atoms with van der Waals surface area (Å²) in [5, 5.41) is 33.3. The summed E-state index contributed by atoms with van der Waals surface area (Å²) in [6.07, 6.45) is 18.1. The molecule has 3 fully saturated rings. The summed E-state index contributed by atoms with van der Waals surface area (Å²) in [5.74, 6) is 2.11. The van der Waals surface area contributed by atoms with Gasteiger partial charge in [-0.25, -0.2) is 34.3 Å². The molecule has 3 aromatic carbocycles. The summed E-state index contributed by atoms with van der Waals surface area (Å²) in [6.45, 7) is 14.1. The smallest absolute Gasteiger partial charge is 0.126 e. The first kappa shape index (κ1) is 55.7. The molecule has 3 saturated heterocycles. The van der Waals surface area contributed by atoms with Crippen LogP contribution in [-0.4, -0.2) is 113 Å². The van der Waals surface area contributed by atoms with Crippen molar-refractivity contribution in [3.8, 4) is 0 Å². The van der Waals surface area contributed by atoms with Crippen LogP contribution in [0.2, 0.25) is 5.02 Å². The lowest BCUT2D eigenvalue weighted by Crippen LogP contribution is -2.39. The fourth-order valence-electron chi connectivity index (χ4n) is 14.7. The van der Waals surface area contributed by atoms with Crippen molar-refractivity contribution in [2.75, 3.05) is 39.3 Å². The van der Waals surface area contributed by atoms with Crippen LogP contribution in [0.25, 0.3) is 33.1 Å². The van der Waals surface area contributed by atoms with Gasteiger partial charge in [0.05, 0.1) is 89.6 Å². The molecule has 12 heterocycles. The van der Waals surface area contributed by atoms with Crippen molar-refractivity contribution >= 4 is 44.7 Å². The van der Waals surface area contributed by atoms with Crippen molar-refractivity contribution < 1.29 is 19.7 Å². The van der Waals surface area contributed by atoms with Crippen molar-refractivity contribution in [1.82, 2.24) is 58.3 Å². The Morgan fingerprint density at radius 1 is 0.458 bits per heavy atom. The Morgan fingerprint density at radius 2 is 0.795 bits per heavy atom. The third-order valence-corrected chi connectivity index (χ3v) is 19.0. The van der Waals surface area contributed by atoms with Crippen LogP contribution in [0.5, 0.6) is 0 Å². The number of rotatable bonds is 9. The molecule has 6 aliphatic heterocycles. The largest absolute Gasteiger partial charge is 0.387 e. The van der Waals surface area contributed by atoms with Crippen LogP contribution in [0, 0.1) is 26.6 Å². The molecule has 6 unspecified atom stereocenters. The molecule has 6 aliphatic rings. The van der Waals surface area contributed by atoms with Crippen LogP contribution in [0.3, 0.4) is 0 Å². The molecule has 0 amide bonds. The van der Waals surface area contributed by atoms with Crippen LogP contribution < -0.4 is 0 Å². The van der Waals surface area contributed by atoms with Crippen LogP contribution in [-0.2, 0) is 38.9 Å². The zero-order valence-electron chi connectivity index (χ0n) is 48.0. The molecule has 6 atom stereocenters. The lowest BCUT2D eigenvalue weighted by Gasteiger charge is -2.39. The maximum absolute atomic E-state index is 13.2. The van der Waals surface area contributed by atoms with Crippen molar-refractivity contribution in [3.05, 3.63) is 176 Å². The van der Waals surface area contributed by atoms with Gasteiger partial charge < -0.3 is 29.0 Å². The Hall–Kier alpha value is -6.50. The molecule has 15 rings (SSSR count). The van der Waals surface area contributed by atoms with E-state index in [1.54, 1.807) is 12.1 Å². The van der Waals surface area contributed by atoms with E-state index in [-0.39, 0.29) is 5.82 Å². The monoisotopic (exact) mass is 1140 g/mol. The number of aryl methyl sites for hydroxylation is 3. The predicted molar refractivity (Wildman–Crippen MR) is 322 cm³/mol. The number of fused-ring (bicyclic) bond motifs is 15. The summed E-state index contributed by atoms with van der Waals surface area (Å²) in [5.41, 5.74) is 16.9. The first-order valence-electron chi connectivity index (χ1n) is 30.3. The van der Waals surface area contributed by atoms with Gasteiger partial charge in [-0.15, -0.1) is 0 Å². The summed E-state index contributed by atoms with van der Waals surface area (Å²) < 4.78 is 20.0. The van der Waals surface area contributed by atoms with E-state index in [2.05, 4.69) is 43.4 Å². The highest BCUT2D eigenvalue weighted by Crippen LogP contribution is 2.45. The van der Waals surface area contributed by atoms with Crippen molar-refractivity contribution in [2.45, 2.75) is 154 Å². The summed E-state index contributed by atoms with van der Waals surface area (Å²) in [7, 11) is 0. The highest BCUT2D eigenvalue weighted by atomic mass is 35.5. The normalized spacial score (nSPS) is 20.8. The minimum atomic E-state index is -0.703. The van der Waals surface area contributed by atoms with Crippen molar-refractivity contribution in [1.29, 1.82) is 0 Å². The van der Waals surface area contributed by atoms with Gasteiger partial charge in [0.2, 0.25) is 0 Å². The lowest BCUT2D eigenvalue weighted by atomic mass is 9.90. The Balaban J connectivity index is 0.000000117. The Morgan fingerprint density at radius 3 is 1.16 bits per heavy atom. The summed E-state index contributed by atoms with van der Waals surface area (Å²) in [4.78, 5) is 35.7. The number of nitrogens with zero attached hydrogens (tertiary/aromatic N) is 12. The van der Waals surface area contributed by atoms with Gasteiger partial charge in [0.25, 0.3) is 0 Å². The molecule has 0 saturated carbocycles. The van der Waals surface area contributed by atoms with Gasteiger partial charge in [0, 0.05) is 95.8 Å². The number of benzene rings is 3. The van der Waals surface area contributed by atoms with Crippen LogP contribution in [0.15, 0.2) is 97.5 Å². The maximum Gasteiger partial charge on any atom is 0.126 e. The van der Waals surface area contributed by atoms with Gasteiger partial charge >= 0.3 is 0 Å². The number of piperidine rings is 3. The Kier molecular flexibility index (Phi) is 16.0. The minimum absolute atomic E-state index is 0.291. The quantitative estimate of drug-likeness (QED) is 0.126. The van der Waals surface area contributed by atoms with Gasteiger partial charge in [-0.05, 0) is 120 Å². The molecule has 83 heavy (non-hydrogen) atoms. The molecule has 0 aliphatic carbocycles.